The van der Waals surface area contributed by atoms with Gasteiger partial charge in [0.1, 0.15) is 23.5 Å². The number of nitrogens with one attached hydrogen (secondary N) is 1. The Balaban J connectivity index is 2.60. The van der Waals surface area contributed by atoms with E-state index in [-0.39, 0.29) is 24.5 Å². The van der Waals surface area contributed by atoms with Crippen LogP contribution in [-0.4, -0.2) is 37.9 Å². The normalized spacial score (nSPS) is 10.4. The van der Waals surface area contributed by atoms with Crippen LogP contribution in [0.1, 0.15) is 36.7 Å². The van der Waals surface area contributed by atoms with Gasteiger partial charge in [0.2, 0.25) is 0 Å². The molecule has 0 fully saturated rings. The van der Waals surface area contributed by atoms with Gasteiger partial charge in [0.25, 0.3) is 0 Å². The molecular formula is C16H20N2O5. The third-order valence-electron chi connectivity index (χ3n) is 2.54. The summed E-state index contributed by atoms with van der Waals surface area (Å²) in [6.07, 6.45) is -0.547. The van der Waals surface area contributed by atoms with Crippen molar-refractivity contribution >= 4 is 12.1 Å². The second-order valence-electron chi connectivity index (χ2n) is 5.59. The monoisotopic (exact) mass is 320 g/mol. The summed E-state index contributed by atoms with van der Waals surface area (Å²) in [6, 6.07) is 6.37. The number of hydrogen-bond donors (Lipinski definition) is 1. The van der Waals surface area contributed by atoms with Crippen molar-refractivity contribution < 1.29 is 23.8 Å². The van der Waals surface area contributed by atoms with Crippen molar-refractivity contribution in [2.24, 2.45) is 0 Å². The Morgan fingerprint density at radius 2 is 2.00 bits per heavy atom. The highest BCUT2D eigenvalue weighted by molar-refractivity contribution is 5.92. The molecule has 1 aromatic carbocycles. The number of rotatable bonds is 5. The minimum atomic E-state index is -0.600. The Morgan fingerprint density at radius 1 is 1.30 bits per heavy atom. The van der Waals surface area contributed by atoms with Crippen LogP contribution in [0, 0.1) is 11.3 Å². The number of nitrogens with zero attached hydrogens (tertiary/aromatic N) is 1. The molecule has 0 saturated carbocycles. The average Bonchev–Trinajstić information content (AvgIpc) is 2.49. The SMILES string of the molecule is COC(=O)c1cc(C#N)ccc1OCCNC(=O)OC(C)(C)C. The molecule has 7 nitrogen and oxygen atoms in total. The molecule has 0 aliphatic heterocycles. The summed E-state index contributed by atoms with van der Waals surface area (Å²) >= 11 is 0. The van der Waals surface area contributed by atoms with Gasteiger partial charge in [-0.15, -0.1) is 0 Å². The molecule has 0 spiro atoms. The lowest BCUT2D eigenvalue weighted by Gasteiger charge is -2.19. The Morgan fingerprint density at radius 3 is 2.57 bits per heavy atom. The number of nitriles is 1. The van der Waals surface area contributed by atoms with E-state index in [9.17, 15) is 9.59 Å². The Kier molecular flexibility index (Phi) is 6.39. The van der Waals surface area contributed by atoms with Crippen molar-refractivity contribution in [3.05, 3.63) is 29.3 Å². The molecule has 1 amide bonds. The van der Waals surface area contributed by atoms with Crippen LogP contribution in [0.5, 0.6) is 5.75 Å². The first-order chi connectivity index (χ1) is 10.8. The summed E-state index contributed by atoms with van der Waals surface area (Å²) < 4.78 is 15.2. The van der Waals surface area contributed by atoms with E-state index in [1.165, 1.54) is 25.3 Å². The van der Waals surface area contributed by atoms with E-state index in [1.54, 1.807) is 20.8 Å². The van der Waals surface area contributed by atoms with Crippen molar-refractivity contribution in [2.75, 3.05) is 20.3 Å². The minimum Gasteiger partial charge on any atom is -0.491 e. The van der Waals surface area contributed by atoms with Crippen LogP contribution < -0.4 is 10.1 Å². The van der Waals surface area contributed by atoms with Gasteiger partial charge in [0.15, 0.2) is 0 Å². The maximum atomic E-state index is 11.7. The van der Waals surface area contributed by atoms with Gasteiger partial charge in [-0.1, -0.05) is 0 Å². The zero-order valence-corrected chi connectivity index (χ0v) is 13.6. The molecule has 23 heavy (non-hydrogen) atoms. The van der Waals surface area contributed by atoms with Crippen LogP contribution in [0.3, 0.4) is 0 Å². The third kappa shape index (κ3) is 6.26. The maximum Gasteiger partial charge on any atom is 0.407 e. The first kappa shape index (κ1) is 18.3. The molecule has 0 unspecified atom stereocenters. The zero-order valence-electron chi connectivity index (χ0n) is 13.6. The molecule has 1 N–H and O–H groups in total. The molecule has 0 aromatic heterocycles. The molecule has 0 bridgehead atoms. The van der Waals surface area contributed by atoms with Crippen LogP contribution >= 0.6 is 0 Å². The van der Waals surface area contributed by atoms with Gasteiger partial charge < -0.3 is 19.5 Å². The molecule has 0 radical (unpaired) electrons. The van der Waals surface area contributed by atoms with E-state index in [1.807, 2.05) is 6.07 Å². The van der Waals surface area contributed by atoms with Crippen molar-refractivity contribution in [1.29, 1.82) is 5.26 Å². The average molecular weight is 320 g/mol. The molecular weight excluding hydrogens is 300 g/mol. The molecule has 0 aliphatic carbocycles. The Hall–Kier alpha value is -2.75. The van der Waals surface area contributed by atoms with E-state index in [4.69, 9.17) is 14.7 Å². The predicted octanol–water partition coefficient (Wildman–Crippen LogP) is 2.25. The topological polar surface area (TPSA) is 97.7 Å². The van der Waals surface area contributed by atoms with Crippen molar-refractivity contribution in [3.63, 3.8) is 0 Å². The quantitative estimate of drug-likeness (QED) is 0.660. The van der Waals surface area contributed by atoms with Crippen LogP contribution in [0.4, 0.5) is 4.79 Å². The van der Waals surface area contributed by atoms with Crippen molar-refractivity contribution in [2.45, 2.75) is 26.4 Å². The van der Waals surface area contributed by atoms with Gasteiger partial charge >= 0.3 is 12.1 Å². The number of carbonyl (C=O) groups is 2. The van der Waals surface area contributed by atoms with Gasteiger partial charge in [-0.05, 0) is 39.0 Å². The molecule has 124 valence electrons. The third-order valence-corrected chi connectivity index (χ3v) is 2.54. The van der Waals surface area contributed by atoms with E-state index in [0.717, 1.165) is 0 Å². The smallest absolute Gasteiger partial charge is 0.407 e. The molecule has 0 aliphatic rings. The van der Waals surface area contributed by atoms with Crippen LogP contribution in [0.15, 0.2) is 18.2 Å². The number of hydrogen-bond acceptors (Lipinski definition) is 6. The fraction of sp³-hybridized carbons (Fsp3) is 0.438. The van der Waals surface area contributed by atoms with Gasteiger partial charge in [-0.3, -0.25) is 0 Å². The van der Waals surface area contributed by atoms with Crippen LogP contribution in [0.2, 0.25) is 0 Å². The Bertz CT molecular complexity index is 614. The van der Waals surface area contributed by atoms with Crippen molar-refractivity contribution in [3.8, 4) is 11.8 Å². The molecule has 1 aromatic rings. The molecule has 0 saturated heterocycles. The maximum absolute atomic E-state index is 11.7. The Labute approximate surface area is 135 Å². The van der Waals surface area contributed by atoms with E-state index >= 15 is 0 Å². The summed E-state index contributed by atoms with van der Waals surface area (Å²) in [4.78, 5) is 23.2. The summed E-state index contributed by atoms with van der Waals surface area (Å²) in [5.41, 5.74) is -0.0932. The van der Waals surface area contributed by atoms with Gasteiger partial charge in [-0.25, -0.2) is 9.59 Å². The summed E-state index contributed by atoms with van der Waals surface area (Å²) in [6.45, 7) is 5.64. The number of benzene rings is 1. The van der Waals surface area contributed by atoms with E-state index in [0.29, 0.717) is 5.56 Å². The van der Waals surface area contributed by atoms with Crippen LogP contribution in [0.25, 0.3) is 0 Å². The summed E-state index contributed by atoms with van der Waals surface area (Å²) in [5, 5.41) is 11.4. The highest BCUT2D eigenvalue weighted by Gasteiger charge is 2.16. The minimum absolute atomic E-state index is 0.134. The number of alkyl carbamates (subject to hydrolysis) is 1. The highest BCUT2D eigenvalue weighted by Crippen LogP contribution is 2.21. The zero-order chi connectivity index (χ0) is 17.5. The van der Waals surface area contributed by atoms with Gasteiger partial charge in [0.05, 0.1) is 25.3 Å². The van der Waals surface area contributed by atoms with E-state index < -0.39 is 17.7 Å². The van der Waals surface area contributed by atoms with Gasteiger partial charge in [0, 0.05) is 0 Å². The predicted molar refractivity (Wildman–Crippen MR) is 82.2 cm³/mol. The second kappa shape index (κ2) is 8.03. The molecule has 0 atom stereocenters. The summed E-state index contributed by atoms with van der Waals surface area (Å²) in [7, 11) is 1.25. The highest BCUT2D eigenvalue weighted by atomic mass is 16.6. The standard InChI is InChI=1S/C16H20N2O5/c1-16(2,3)23-15(20)18-7-8-22-13-6-5-11(10-17)9-12(13)14(19)21-4/h5-6,9H,7-8H2,1-4H3,(H,18,20). The summed E-state index contributed by atoms with van der Waals surface area (Å²) in [5.74, 6) is -0.320. The number of carbonyl (C=O) groups excluding carboxylic acids is 2. The second-order valence-corrected chi connectivity index (χ2v) is 5.59. The fourth-order valence-electron chi connectivity index (χ4n) is 1.62. The van der Waals surface area contributed by atoms with Crippen LogP contribution in [-0.2, 0) is 9.47 Å². The number of methoxy groups -OCH3 is 1. The largest absolute Gasteiger partial charge is 0.491 e. The number of ether oxygens (including phenoxy) is 3. The van der Waals surface area contributed by atoms with Crippen molar-refractivity contribution in [1.82, 2.24) is 5.32 Å². The van der Waals surface area contributed by atoms with Gasteiger partial charge in [-0.2, -0.15) is 5.26 Å². The first-order valence-corrected chi connectivity index (χ1v) is 6.99. The first-order valence-electron chi connectivity index (χ1n) is 6.99. The molecule has 7 heteroatoms. The van der Waals surface area contributed by atoms with E-state index in [2.05, 4.69) is 10.1 Å². The lowest BCUT2D eigenvalue weighted by molar-refractivity contribution is 0.0516. The molecule has 0 heterocycles. The lowest BCUT2D eigenvalue weighted by Crippen LogP contribution is -2.34. The fourth-order valence-corrected chi connectivity index (χ4v) is 1.62. The molecule has 1 rings (SSSR count). The number of amides is 1. The lowest BCUT2D eigenvalue weighted by atomic mass is 10.1. The number of esters is 1.